The minimum atomic E-state index is 0.912. The average molecular weight is 368 g/mol. The maximum Gasteiger partial charge on any atom is 0.121 e. The molecule has 0 saturated carbocycles. The molecule has 0 bridgehead atoms. The lowest BCUT2D eigenvalue weighted by atomic mass is 9.90. The van der Waals surface area contributed by atoms with Crippen molar-refractivity contribution in [1.82, 2.24) is 0 Å². The van der Waals surface area contributed by atoms with Crippen LogP contribution in [0.5, 0.6) is 11.5 Å². The first-order valence-electron chi connectivity index (χ1n) is 9.44. The molecule has 0 N–H and O–H groups in total. The number of ether oxygens (including phenoxy) is 2. The van der Waals surface area contributed by atoms with Crippen LogP contribution in [0.3, 0.4) is 0 Å². The molecule has 0 amide bonds. The van der Waals surface area contributed by atoms with Crippen molar-refractivity contribution in [2.75, 3.05) is 14.2 Å². The van der Waals surface area contributed by atoms with Gasteiger partial charge in [0.1, 0.15) is 11.5 Å². The molecule has 2 heteroatoms. The van der Waals surface area contributed by atoms with E-state index < -0.39 is 0 Å². The minimum absolute atomic E-state index is 0.912. The molecule has 140 valence electrons. The Balaban J connectivity index is 1.97. The van der Waals surface area contributed by atoms with E-state index in [2.05, 4.69) is 74.5 Å². The summed E-state index contributed by atoms with van der Waals surface area (Å²) in [4.78, 5) is 0. The Hall–Kier alpha value is -3.26. The molecule has 0 aromatic heterocycles. The Kier molecular flexibility index (Phi) is 4.79. The van der Waals surface area contributed by atoms with Crippen LogP contribution in [0.2, 0.25) is 0 Å². The van der Waals surface area contributed by atoms with Crippen molar-refractivity contribution in [2.24, 2.45) is 0 Å². The molecule has 4 aromatic rings. The van der Waals surface area contributed by atoms with Gasteiger partial charge in [-0.1, -0.05) is 48.5 Å². The van der Waals surface area contributed by atoms with Crippen LogP contribution in [0.1, 0.15) is 11.1 Å². The van der Waals surface area contributed by atoms with Gasteiger partial charge >= 0.3 is 0 Å². The summed E-state index contributed by atoms with van der Waals surface area (Å²) < 4.78 is 10.9. The fourth-order valence-electron chi connectivity index (χ4n) is 3.91. The number of hydrogen-bond acceptors (Lipinski definition) is 2. The topological polar surface area (TPSA) is 18.5 Å². The van der Waals surface area contributed by atoms with E-state index in [1.807, 2.05) is 12.1 Å². The van der Waals surface area contributed by atoms with Crippen LogP contribution in [0.25, 0.3) is 33.0 Å². The molecular formula is C26H24O2. The van der Waals surface area contributed by atoms with Crippen molar-refractivity contribution in [3.05, 3.63) is 83.9 Å². The second-order valence-electron chi connectivity index (χ2n) is 7.08. The highest BCUT2D eigenvalue weighted by Crippen LogP contribution is 2.38. The Morgan fingerprint density at radius 3 is 1.43 bits per heavy atom. The standard InChI is InChI=1S/C26H24O2/c1-17-15-20(11-13-24(17)27-3)22-9-5-7-19-8-6-10-23(26(19)22)21-12-14-25(28-4)18(2)16-21/h5-16H,1-4H3. The molecule has 0 aliphatic heterocycles. The van der Waals surface area contributed by atoms with Crippen molar-refractivity contribution in [2.45, 2.75) is 13.8 Å². The Bertz CT molecular complexity index is 1070. The summed E-state index contributed by atoms with van der Waals surface area (Å²) in [6.45, 7) is 4.17. The molecule has 0 heterocycles. The predicted octanol–water partition coefficient (Wildman–Crippen LogP) is 6.81. The quantitative estimate of drug-likeness (QED) is 0.394. The first-order valence-corrected chi connectivity index (χ1v) is 9.44. The van der Waals surface area contributed by atoms with E-state index in [-0.39, 0.29) is 0 Å². The van der Waals surface area contributed by atoms with Gasteiger partial charge < -0.3 is 9.47 Å². The second kappa shape index (κ2) is 7.40. The van der Waals surface area contributed by atoms with Crippen molar-refractivity contribution >= 4 is 10.8 Å². The third kappa shape index (κ3) is 3.11. The van der Waals surface area contributed by atoms with Crippen LogP contribution in [0, 0.1) is 13.8 Å². The number of benzene rings is 4. The lowest BCUT2D eigenvalue weighted by Crippen LogP contribution is -1.91. The van der Waals surface area contributed by atoms with Crippen LogP contribution < -0.4 is 9.47 Å². The highest BCUT2D eigenvalue weighted by Gasteiger charge is 2.12. The molecule has 0 aliphatic carbocycles. The van der Waals surface area contributed by atoms with Crippen molar-refractivity contribution in [3.8, 4) is 33.8 Å². The monoisotopic (exact) mass is 368 g/mol. The fraction of sp³-hybridized carbons (Fsp3) is 0.154. The number of hydrogen-bond donors (Lipinski definition) is 0. The number of rotatable bonds is 4. The molecule has 0 atom stereocenters. The maximum absolute atomic E-state index is 5.44. The van der Waals surface area contributed by atoms with Crippen LogP contribution in [-0.2, 0) is 0 Å². The van der Waals surface area contributed by atoms with E-state index in [1.165, 1.54) is 33.0 Å². The van der Waals surface area contributed by atoms with E-state index in [4.69, 9.17) is 9.47 Å². The van der Waals surface area contributed by atoms with Gasteiger partial charge in [-0.2, -0.15) is 0 Å². The van der Waals surface area contributed by atoms with E-state index in [0.29, 0.717) is 0 Å². The smallest absolute Gasteiger partial charge is 0.121 e. The molecule has 2 nitrogen and oxygen atoms in total. The molecule has 0 radical (unpaired) electrons. The summed E-state index contributed by atoms with van der Waals surface area (Å²) in [7, 11) is 3.42. The summed E-state index contributed by atoms with van der Waals surface area (Å²) in [6, 6.07) is 25.8. The normalized spacial score (nSPS) is 10.9. The zero-order chi connectivity index (χ0) is 19.7. The number of methoxy groups -OCH3 is 2. The molecule has 28 heavy (non-hydrogen) atoms. The third-order valence-corrected chi connectivity index (χ3v) is 5.32. The van der Waals surface area contributed by atoms with E-state index in [1.54, 1.807) is 14.2 Å². The largest absolute Gasteiger partial charge is 0.496 e. The average Bonchev–Trinajstić information content (AvgIpc) is 2.72. The molecule has 4 rings (SSSR count). The van der Waals surface area contributed by atoms with E-state index in [0.717, 1.165) is 22.6 Å². The SMILES string of the molecule is COc1ccc(-c2cccc3cccc(-c4ccc(OC)c(C)c4)c23)cc1C. The van der Waals surface area contributed by atoms with E-state index >= 15 is 0 Å². The number of aryl methyl sites for hydroxylation is 2. The maximum atomic E-state index is 5.44. The van der Waals surface area contributed by atoms with Crippen LogP contribution >= 0.6 is 0 Å². The summed E-state index contributed by atoms with van der Waals surface area (Å²) in [6.07, 6.45) is 0. The minimum Gasteiger partial charge on any atom is -0.496 e. The third-order valence-electron chi connectivity index (χ3n) is 5.32. The van der Waals surface area contributed by atoms with Gasteiger partial charge in [-0.15, -0.1) is 0 Å². The zero-order valence-electron chi connectivity index (χ0n) is 16.7. The van der Waals surface area contributed by atoms with Crippen molar-refractivity contribution in [1.29, 1.82) is 0 Å². The molecule has 0 spiro atoms. The molecule has 0 fully saturated rings. The predicted molar refractivity (Wildman–Crippen MR) is 117 cm³/mol. The number of fused-ring (bicyclic) bond motifs is 1. The van der Waals surface area contributed by atoms with Gasteiger partial charge in [0.2, 0.25) is 0 Å². The molecule has 0 saturated heterocycles. The van der Waals surface area contributed by atoms with Crippen molar-refractivity contribution in [3.63, 3.8) is 0 Å². The second-order valence-corrected chi connectivity index (χ2v) is 7.08. The highest BCUT2D eigenvalue weighted by atomic mass is 16.5. The first kappa shape index (κ1) is 18.1. The van der Waals surface area contributed by atoms with Crippen LogP contribution in [-0.4, -0.2) is 14.2 Å². The molecule has 0 unspecified atom stereocenters. The molecular weight excluding hydrogens is 344 g/mol. The van der Waals surface area contributed by atoms with E-state index in [9.17, 15) is 0 Å². The summed E-state index contributed by atoms with van der Waals surface area (Å²) in [5.41, 5.74) is 7.12. The van der Waals surface area contributed by atoms with Gasteiger partial charge in [0.25, 0.3) is 0 Å². The van der Waals surface area contributed by atoms with Crippen LogP contribution in [0.4, 0.5) is 0 Å². The van der Waals surface area contributed by atoms with Crippen LogP contribution in [0.15, 0.2) is 72.8 Å². The van der Waals surface area contributed by atoms with Gasteiger partial charge in [-0.25, -0.2) is 0 Å². The highest BCUT2D eigenvalue weighted by molar-refractivity contribution is 6.06. The van der Waals surface area contributed by atoms with Gasteiger partial charge in [0, 0.05) is 0 Å². The van der Waals surface area contributed by atoms with Gasteiger partial charge in [-0.3, -0.25) is 0 Å². The van der Waals surface area contributed by atoms with Gasteiger partial charge in [0.05, 0.1) is 14.2 Å². The van der Waals surface area contributed by atoms with Crippen molar-refractivity contribution < 1.29 is 9.47 Å². The Morgan fingerprint density at radius 1 is 0.571 bits per heavy atom. The lowest BCUT2D eigenvalue weighted by Gasteiger charge is -2.15. The summed E-state index contributed by atoms with van der Waals surface area (Å²) >= 11 is 0. The summed E-state index contributed by atoms with van der Waals surface area (Å²) in [5, 5.41) is 2.50. The molecule has 4 aromatic carbocycles. The zero-order valence-corrected chi connectivity index (χ0v) is 16.7. The first-order chi connectivity index (χ1) is 13.6. The summed E-state index contributed by atoms with van der Waals surface area (Å²) in [5.74, 6) is 1.82. The Labute approximate surface area is 166 Å². The van der Waals surface area contributed by atoms with Gasteiger partial charge in [-0.05, 0) is 82.3 Å². The lowest BCUT2D eigenvalue weighted by molar-refractivity contribution is 0.411. The van der Waals surface area contributed by atoms with Gasteiger partial charge in [0.15, 0.2) is 0 Å². The fourth-order valence-corrected chi connectivity index (χ4v) is 3.91. The molecule has 0 aliphatic rings. The Morgan fingerprint density at radius 2 is 1.04 bits per heavy atom.